The maximum atomic E-state index is 13.1. The predicted octanol–water partition coefficient (Wildman–Crippen LogP) is 2.51. The Morgan fingerprint density at radius 2 is 1.72 bits per heavy atom. The first kappa shape index (κ1) is 17.0. The SMILES string of the molecule is CC(=O)N1CCC(Nc2ccccc2)(C(=O)Nc2cccnc2)CC1. The van der Waals surface area contributed by atoms with Gasteiger partial charge in [-0.05, 0) is 37.1 Å². The lowest BCUT2D eigenvalue weighted by Gasteiger charge is -2.41. The van der Waals surface area contributed by atoms with Crippen molar-refractivity contribution in [1.29, 1.82) is 0 Å². The summed E-state index contributed by atoms with van der Waals surface area (Å²) in [5, 5.41) is 6.35. The fourth-order valence-electron chi connectivity index (χ4n) is 3.10. The van der Waals surface area contributed by atoms with E-state index in [0.29, 0.717) is 31.6 Å². The number of pyridine rings is 1. The van der Waals surface area contributed by atoms with Gasteiger partial charge in [-0.2, -0.15) is 0 Å². The molecule has 0 spiro atoms. The van der Waals surface area contributed by atoms with E-state index in [1.807, 2.05) is 36.4 Å². The Bertz CT molecular complexity index is 726. The van der Waals surface area contributed by atoms with Gasteiger partial charge in [0.05, 0.1) is 11.9 Å². The van der Waals surface area contributed by atoms with E-state index < -0.39 is 5.54 Å². The highest BCUT2D eigenvalue weighted by Crippen LogP contribution is 2.29. The van der Waals surface area contributed by atoms with Gasteiger partial charge in [0.1, 0.15) is 5.54 Å². The third-order valence-electron chi connectivity index (χ3n) is 4.57. The molecule has 0 saturated carbocycles. The minimum atomic E-state index is -0.761. The van der Waals surface area contributed by atoms with Crippen LogP contribution in [0.1, 0.15) is 19.8 Å². The van der Waals surface area contributed by atoms with Crippen molar-refractivity contribution in [2.24, 2.45) is 0 Å². The Morgan fingerprint density at radius 1 is 1.04 bits per heavy atom. The van der Waals surface area contributed by atoms with E-state index in [4.69, 9.17) is 0 Å². The van der Waals surface area contributed by atoms with Gasteiger partial charge in [0.15, 0.2) is 0 Å². The van der Waals surface area contributed by atoms with Crippen LogP contribution in [0.4, 0.5) is 11.4 Å². The molecule has 0 unspecified atom stereocenters. The molecule has 1 aromatic heterocycles. The summed E-state index contributed by atoms with van der Waals surface area (Å²) in [6, 6.07) is 13.3. The van der Waals surface area contributed by atoms with Crippen LogP contribution in [0.3, 0.4) is 0 Å². The van der Waals surface area contributed by atoms with Crippen LogP contribution in [0.25, 0.3) is 0 Å². The zero-order valence-corrected chi connectivity index (χ0v) is 14.2. The number of aromatic nitrogens is 1. The van der Waals surface area contributed by atoms with Crippen LogP contribution in [0.15, 0.2) is 54.9 Å². The normalized spacial score (nSPS) is 16.1. The van der Waals surface area contributed by atoms with Gasteiger partial charge < -0.3 is 15.5 Å². The fraction of sp³-hybridized carbons (Fsp3) is 0.316. The molecule has 0 bridgehead atoms. The lowest BCUT2D eigenvalue weighted by molar-refractivity contribution is -0.132. The van der Waals surface area contributed by atoms with Crippen molar-refractivity contribution >= 4 is 23.2 Å². The van der Waals surface area contributed by atoms with E-state index in [9.17, 15) is 9.59 Å². The molecule has 130 valence electrons. The molecule has 2 amide bonds. The van der Waals surface area contributed by atoms with Crippen molar-refractivity contribution in [2.75, 3.05) is 23.7 Å². The van der Waals surface area contributed by atoms with Crippen molar-refractivity contribution in [3.8, 4) is 0 Å². The lowest BCUT2D eigenvalue weighted by atomic mass is 9.85. The molecule has 2 aromatic rings. The minimum Gasteiger partial charge on any atom is -0.371 e. The summed E-state index contributed by atoms with van der Waals surface area (Å²) in [6.45, 7) is 2.67. The van der Waals surface area contributed by atoms with Crippen molar-refractivity contribution in [3.63, 3.8) is 0 Å². The second-order valence-electron chi connectivity index (χ2n) is 6.28. The van der Waals surface area contributed by atoms with E-state index in [-0.39, 0.29) is 11.8 Å². The van der Waals surface area contributed by atoms with Gasteiger partial charge in [0.25, 0.3) is 0 Å². The molecule has 1 aromatic carbocycles. The maximum absolute atomic E-state index is 13.1. The number of amides is 2. The number of para-hydroxylation sites is 1. The molecule has 0 aliphatic carbocycles. The second-order valence-corrected chi connectivity index (χ2v) is 6.28. The first-order valence-electron chi connectivity index (χ1n) is 8.39. The number of likely N-dealkylation sites (tertiary alicyclic amines) is 1. The lowest BCUT2D eigenvalue weighted by Crippen LogP contribution is -2.57. The second kappa shape index (κ2) is 7.34. The maximum Gasteiger partial charge on any atom is 0.250 e. The minimum absolute atomic E-state index is 0.0426. The summed E-state index contributed by atoms with van der Waals surface area (Å²) < 4.78 is 0. The van der Waals surface area contributed by atoms with Crippen LogP contribution in [0, 0.1) is 0 Å². The zero-order valence-electron chi connectivity index (χ0n) is 14.2. The van der Waals surface area contributed by atoms with Gasteiger partial charge in [-0.25, -0.2) is 0 Å². The number of nitrogens with zero attached hydrogens (tertiary/aromatic N) is 2. The molecule has 1 aliphatic rings. The standard InChI is InChI=1S/C19H22N4O2/c1-15(24)23-12-9-19(10-13-23,22-16-6-3-2-4-7-16)18(25)21-17-8-5-11-20-14-17/h2-8,11,14,22H,9-10,12-13H2,1H3,(H,21,25). The quantitative estimate of drug-likeness (QED) is 0.898. The molecule has 0 radical (unpaired) electrons. The Morgan fingerprint density at radius 3 is 2.32 bits per heavy atom. The molecular weight excluding hydrogens is 316 g/mol. The molecule has 6 heteroatoms. The topological polar surface area (TPSA) is 74.3 Å². The molecule has 6 nitrogen and oxygen atoms in total. The molecule has 3 rings (SSSR count). The van der Waals surface area contributed by atoms with Gasteiger partial charge in [0, 0.05) is 31.9 Å². The first-order chi connectivity index (χ1) is 12.1. The molecule has 25 heavy (non-hydrogen) atoms. The van der Waals surface area contributed by atoms with E-state index in [2.05, 4.69) is 15.6 Å². The third-order valence-corrected chi connectivity index (χ3v) is 4.57. The van der Waals surface area contributed by atoms with Gasteiger partial charge >= 0.3 is 0 Å². The molecule has 0 atom stereocenters. The van der Waals surface area contributed by atoms with Crippen LogP contribution in [0.5, 0.6) is 0 Å². The Hall–Kier alpha value is -2.89. The van der Waals surface area contributed by atoms with Crippen LogP contribution in [-0.4, -0.2) is 40.3 Å². The van der Waals surface area contributed by atoms with Crippen LogP contribution in [0.2, 0.25) is 0 Å². The molecular formula is C19H22N4O2. The summed E-state index contributed by atoms with van der Waals surface area (Å²) in [4.78, 5) is 30.5. The number of nitrogens with one attached hydrogen (secondary N) is 2. The highest BCUT2D eigenvalue weighted by atomic mass is 16.2. The van der Waals surface area contributed by atoms with Crippen LogP contribution >= 0.6 is 0 Å². The van der Waals surface area contributed by atoms with E-state index in [1.54, 1.807) is 30.3 Å². The Balaban J connectivity index is 1.81. The average molecular weight is 338 g/mol. The molecule has 1 fully saturated rings. The van der Waals surface area contributed by atoms with Crippen molar-refractivity contribution in [1.82, 2.24) is 9.88 Å². The fourth-order valence-corrected chi connectivity index (χ4v) is 3.10. The number of rotatable bonds is 4. The number of carbonyl (C=O) groups is 2. The average Bonchev–Trinajstić information content (AvgIpc) is 2.64. The highest BCUT2D eigenvalue weighted by Gasteiger charge is 2.42. The van der Waals surface area contributed by atoms with E-state index >= 15 is 0 Å². The monoisotopic (exact) mass is 338 g/mol. The summed E-state index contributed by atoms with van der Waals surface area (Å²) in [5.74, 6) is -0.0615. The van der Waals surface area contributed by atoms with Crippen molar-refractivity contribution < 1.29 is 9.59 Å². The third kappa shape index (κ3) is 3.96. The van der Waals surface area contributed by atoms with Gasteiger partial charge in [-0.15, -0.1) is 0 Å². The van der Waals surface area contributed by atoms with Gasteiger partial charge in [-0.1, -0.05) is 18.2 Å². The summed E-state index contributed by atoms with van der Waals surface area (Å²) in [7, 11) is 0. The molecule has 1 aliphatic heterocycles. The number of piperidine rings is 1. The van der Waals surface area contributed by atoms with Crippen molar-refractivity contribution in [3.05, 3.63) is 54.9 Å². The molecule has 1 saturated heterocycles. The van der Waals surface area contributed by atoms with Gasteiger partial charge in [0.2, 0.25) is 11.8 Å². The smallest absolute Gasteiger partial charge is 0.250 e. The predicted molar refractivity (Wildman–Crippen MR) is 97.2 cm³/mol. The van der Waals surface area contributed by atoms with Gasteiger partial charge in [-0.3, -0.25) is 14.6 Å². The molecule has 2 heterocycles. The van der Waals surface area contributed by atoms with E-state index in [0.717, 1.165) is 5.69 Å². The highest BCUT2D eigenvalue weighted by molar-refractivity contribution is 6.00. The summed E-state index contributed by atoms with van der Waals surface area (Å²) >= 11 is 0. The van der Waals surface area contributed by atoms with Crippen LogP contribution < -0.4 is 10.6 Å². The largest absolute Gasteiger partial charge is 0.371 e. The number of hydrogen-bond acceptors (Lipinski definition) is 4. The number of anilines is 2. The summed E-state index contributed by atoms with van der Waals surface area (Å²) in [6.07, 6.45) is 4.39. The number of carbonyl (C=O) groups excluding carboxylic acids is 2. The molecule has 2 N–H and O–H groups in total. The van der Waals surface area contributed by atoms with Crippen LogP contribution in [-0.2, 0) is 9.59 Å². The van der Waals surface area contributed by atoms with E-state index in [1.165, 1.54) is 0 Å². The number of benzene rings is 1. The summed E-state index contributed by atoms with van der Waals surface area (Å²) in [5.41, 5.74) is 0.791. The first-order valence-corrected chi connectivity index (χ1v) is 8.39. The zero-order chi connectivity index (χ0) is 17.7. The Kier molecular flexibility index (Phi) is 4.97. The van der Waals surface area contributed by atoms with Crippen molar-refractivity contribution in [2.45, 2.75) is 25.3 Å². The number of hydrogen-bond donors (Lipinski definition) is 2. The Labute approximate surface area is 147 Å².